The van der Waals surface area contributed by atoms with Gasteiger partial charge in [0.1, 0.15) is 0 Å². The van der Waals surface area contributed by atoms with E-state index in [-0.39, 0.29) is 40.5 Å². The van der Waals surface area contributed by atoms with Crippen LogP contribution in [0.5, 0.6) is 0 Å². The molecular weight excluding hydrogens is 438 g/mol. The van der Waals surface area contributed by atoms with Crippen molar-refractivity contribution in [2.24, 2.45) is 50.7 Å². The predicted octanol–water partition coefficient (Wildman–Crippen LogP) is 4.69. The van der Waals surface area contributed by atoms with Gasteiger partial charge in [-0.2, -0.15) is 0 Å². The molecule has 0 bridgehead atoms. The molecule has 6 aliphatic rings. The summed E-state index contributed by atoms with van der Waals surface area (Å²) in [5.74, 6) is 2.08. The van der Waals surface area contributed by atoms with Crippen molar-refractivity contribution in [2.75, 3.05) is 6.54 Å². The zero-order valence-electron chi connectivity index (χ0n) is 22.9. The minimum Gasteiger partial charge on any atom is -0.393 e. The van der Waals surface area contributed by atoms with Crippen molar-refractivity contribution in [2.45, 2.75) is 124 Å². The fourth-order valence-electron chi connectivity index (χ4n) is 12.0. The van der Waals surface area contributed by atoms with Crippen LogP contribution in [0.25, 0.3) is 0 Å². The molecule has 6 rings (SSSR count). The summed E-state index contributed by atoms with van der Waals surface area (Å²) in [5.41, 5.74) is 0.689. The minimum atomic E-state index is -0.429. The molecule has 1 aliphatic heterocycles. The van der Waals surface area contributed by atoms with Gasteiger partial charge >= 0.3 is 0 Å². The highest BCUT2D eigenvalue weighted by Gasteiger charge is 2.84. The molecule has 5 heteroatoms. The molecule has 0 aromatic carbocycles. The number of aliphatic hydroxyl groups is 2. The Kier molecular flexibility index (Phi) is 5.27. The van der Waals surface area contributed by atoms with E-state index in [9.17, 15) is 15.0 Å². The van der Waals surface area contributed by atoms with Gasteiger partial charge in [0, 0.05) is 18.9 Å². The van der Waals surface area contributed by atoms with E-state index in [4.69, 9.17) is 4.74 Å². The predicted molar refractivity (Wildman–Crippen MR) is 135 cm³/mol. The number of hydrogen-bond donors (Lipinski definition) is 3. The third kappa shape index (κ3) is 2.84. The number of ether oxygens (including phenoxy) is 1. The largest absolute Gasteiger partial charge is 0.393 e. The normalized spacial score (nSPS) is 57.7. The van der Waals surface area contributed by atoms with Gasteiger partial charge in [0.25, 0.3) is 0 Å². The summed E-state index contributed by atoms with van der Waals surface area (Å²) >= 11 is 0. The van der Waals surface area contributed by atoms with Crippen molar-refractivity contribution >= 4 is 5.91 Å². The maximum atomic E-state index is 12.2. The first kappa shape index (κ1) is 24.7. The van der Waals surface area contributed by atoms with Crippen LogP contribution in [0.4, 0.5) is 0 Å². The molecule has 5 nitrogen and oxygen atoms in total. The average Bonchev–Trinajstić information content (AvgIpc) is 3.41. The zero-order chi connectivity index (χ0) is 25.2. The molecule has 0 radical (unpaired) electrons. The highest BCUT2D eigenvalue weighted by Crippen LogP contribution is 2.89. The summed E-state index contributed by atoms with van der Waals surface area (Å²) in [6.45, 7) is 14.2. The molecular formula is C30H49NO4. The lowest BCUT2D eigenvalue weighted by Crippen LogP contribution is -2.59. The maximum absolute atomic E-state index is 12.2. The molecule has 5 saturated carbocycles. The van der Waals surface area contributed by atoms with Gasteiger partial charge in [0.2, 0.25) is 5.91 Å². The summed E-state index contributed by atoms with van der Waals surface area (Å²) in [7, 11) is 0. The van der Waals surface area contributed by atoms with Crippen LogP contribution in [-0.4, -0.2) is 47.1 Å². The van der Waals surface area contributed by atoms with E-state index in [1.165, 1.54) is 38.5 Å². The van der Waals surface area contributed by atoms with Crippen molar-refractivity contribution in [3.8, 4) is 0 Å². The Labute approximate surface area is 212 Å². The fourth-order valence-corrected chi connectivity index (χ4v) is 12.0. The lowest BCUT2D eigenvalue weighted by atomic mass is 9.41. The summed E-state index contributed by atoms with van der Waals surface area (Å²) in [6.07, 6.45) is 9.54. The van der Waals surface area contributed by atoms with Crippen molar-refractivity contribution in [3.05, 3.63) is 0 Å². The number of nitrogens with one attached hydrogen (secondary N) is 1. The van der Waals surface area contributed by atoms with Gasteiger partial charge in [-0.15, -0.1) is 0 Å². The fraction of sp³-hybridized carbons (Fsp3) is 0.967. The van der Waals surface area contributed by atoms with Gasteiger partial charge in [-0.25, -0.2) is 0 Å². The zero-order valence-corrected chi connectivity index (χ0v) is 22.9. The van der Waals surface area contributed by atoms with E-state index in [1.54, 1.807) is 6.92 Å². The molecule has 3 N–H and O–H groups in total. The van der Waals surface area contributed by atoms with Crippen molar-refractivity contribution < 1.29 is 19.7 Å². The number of rotatable bonds is 3. The molecule has 1 heterocycles. The molecule has 2 spiro atoms. The Balaban J connectivity index is 1.30. The van der Waals surface area contributed by atoms with Crippen LogP contribution in [0.15, 0.2) is 0 Å². The summed E-state index contributed by atoms with van der Waals surface area (Å²) in [5, 5.41) is 26.0. The van der Waals surface area contributed by atoms with Gasteiger partial charge in [-0.05, 0) is 103 Å². The van der Waals surface area contributed by atoms with Crippen LogP contribution < -0.4 is 5.32 Å². The third-order valence-electron chi connectivity index (χ3n) is 13.7. The van der Waals surface area contributed by atoms with E-state index in [0.29, 0.717) is 41.0 Å². The first-order chi connectivity index (χ1) is 16.3. The van der Waals surface area contributed by atoms with Crippen molar-refractivity contribution in [3.63, 3.8) is 0 Å². The number of aliphatic hydroxyl groups excluding tert-OH is 2. The Hall–Kier alpha value is -0.650. The molecule has 12 atom stereocenters. The minimum absolute atomic E-state index is 0.00455. The molecule has 0 aromatic heterocycles. The van der Waals surface area contributed by atoms with Crippen LogP contribution >= 0.6 is 0 Å². The van der Waals surface area contributed by atoms with Crippen LogP contribution in [0.2, 0.25) is 0 Å². The number of carbonyl (C=O) groups is 1. The van der Waals surface area contributed by atoms with Crippen LogP contribution in [-0.2, 0) is 9.53 Å². The molecule has 5 unspecified atom stereocenters. The molecule has 35 heavy (non-hydrogen) atoms. The van der Waals surface area contributed by atoms with E-state index in [1.807, 2.05) is 0 Å². The summed E-state index contributed by atoms with van der Waals surface area (Å²) < 4.78 is 6.74. The molecule has 198 valence electrons. The molecule has 0 aromatic rings. The monoisotopic (exact) mass is 487 g/mol. The second kappa shape index (κ2) is 7.47. The second-order valence-corrected chi connectivity index (χ2v) is 14.9. The maximum Gasteiger partial charge on any atom is 0.216 e. The van der Waals surface area contributed by atoms with E-state index >= 15 is 0 Å². The highest BCUT2D eigenvalue weighted by molar-refractivity contribution is 5.72. The second-order valence-electron chi connectivity index (χ2n) is 14.9. The van der Waals surface area contributed by atoms with Crippen molar-refractivity contribution in [1.29, 1.82) is 0 Å². The SMILES string of the molecule is CC(=O)NCCC1C[C@@H](C)C2C(O1)[C@H](O)[C@@]1(C)[C@@H]3CC[C@H]4C(C)(C)[C@@H](O)CCC45CC35CC[C@]21C. The van der Waals surface area contributed by atoms with Gasteiger partial charge in [0.05, 0.1) is 24.4 Å². The van der Waals surface area contributed by atoms with E-state index < -0.39 is 6.10 Å². The molecule has 5 aliphatic carbocycles. The summed E-state index contributed by atoms with van der Waals surface area (Å²) in [4.78, 5) is 11.4. The smallest absolute Gasteiger partial charge is 0.216 e. The third-order valence-corrected chi connectivity index (χ3v) is 13.7. The molecule has 1 saturated heterocycles. The number of carbonyl (C=O) groups excluding carboxylic acids is 1. The van der Waals surface area contributed by atoms with E-state index in [2.05, 4.69) is 39.9 Å². The van der Waals surface area contributed by atoms with Crippen LogP contribution in [0, 0.1) is 50.7 Å². The van der Waals surface area contributed by atoms with Crippen molar-refractivity contribution in [1.82, 2.24) is 5.32 Å². The first-order valence-electron chi connectivity index (χ1n) is 14.6. The lowest BCUT2D eigenvalue weighted by Gasteiger charge is -2.63. The van der Waals surface area contributed by atoms with Gasteiger partial charge < -0.3 is 20.3 Å². The quantitative estimate of drug-likeness (QED) is 0.540. The Morgan fingerprint density at radius 2 is 1.69 bits per heavy atom. The molecule has 1 amide bonds. The first-order valence-corrected chi connectivity index (χ1v) is 14.6. The number of fused-ring (bicyclic) bond motifs is 4. The number of hydrogen-bond acceptors (Lipinski definition) is 4. The van der Waals surface area contributed by atoms with Gasteiger partial charge in [-0.1, -0.05) is 34.6 Å². The van der Waals surface area contributed by atoms with Gasteiger partial charge in [0.15, 0.2) is 0 Å². The van der Waals surface area contributed by atoms with Crippen LogP contribution in [0.1, 0.15) is 99.3 Å². The Morgan fingerprint density at radius 1 is 1.00 bits per heavy atom. The topological polar surface area (TPSA) is 78.8 Å². The Morgan fingerprint density at radius 3 is 2.40 bits per heavy atom. The highest BCUT2D eigenvalue weighted by atomic mass is 16.5. The van der Waals surface area contributed by atoms with E-state index in [0.717, 1.165) is 19.3 Å². The van der Waals surface area contributed by atoms with Gasteiger partial charge in [-0.3, -0.25) is 4.79 Å². The Bertz CT molecular complexity index is 905. The average molecular weight is 488 g/mol. The lowest BCUT2D eigenvalue weighted by molar-refractivity contribution is -0.182. The van der Waals surface area contributed by atoms with Crippen LogP contribution in [0.3, 0.4) is 0 Å². The molecule has 6 fully saturated rings. The summed E-state index contributed by atoms with van der Waals surface area (Å²) in [6, 6.07) is 0. The standard InChI is InChI=1S/C30H49NO4/c1-17-15-19(10-14-31-18(2)32)35-24-23(17)27(5)12-13-30-16-29(30)11-9-22(33)26(3,4)20(29)7-8-21(30)28(27,6)25(24)34/h17,19-25,33-34H,7-16H2,1-6H3,(H,31,32)/t17-,19?,20+,21+,22+,23?,24?,25+,27-,28-,29?,30?/m1/s1. The number of amides is 1.